The lowest BCUT2D eigenvalue weighted by Crippen LogP contribution is -2.13. The Bertz CT molecular complexity index is 402. The van der Waals surface area contributed by atoms with Crippen molar-refractivity contribution in [2.45, 2.75) is 0 Å². The zero-order valence-corrected chi connectivity index (χ0v) is 8.38. The fraction of sp³-hybridized carbons (Fsp3) is 0. The van der Waals surface area contributed by atoms with Gasteiger partial charge in [-0.15, -0.1) is 0 Å². The molecule has 1 rings (SSSR count). The first-order valence-electron chi connectivity index (χ1n) is 3.18. The second kappa shape index (κ2) is 3.86. The average molecular weight is 240 g/mol. The van der Waals surface area contributed by atoms with Crippen LogP contribution in [0.5, 0.6) is 0 Å². The maximum atomic E-state index is 11.1. The van der Waals surface area contributed by atoms with Gasteiger partial charge in [-0.25, -0.2) is 18.8 Å². The van der Waals surface area contributed by atoms with E-state index in [1.165, 1.54) is 6.07 Å². The van der Waals surface area contributed by atoms with E-state index in [0.717, 1.165) is 12.4 Å². The quantitative estimate of drug-likeness (QED) is 0.597. The standard InChI is InChI=1S/C4H6N2O6P2/c7-13(8,12-14(9,10)11)4-5-2-1-3-6-4/h1-3H,(H,7,8)(H2,9,10,11). The molecule has 10 heteroatoms. The summed E-state index contributed by atoms with van der Waals surface area (Å²) in [5, 5.41) is 0. The van der Waals surface area contributed by atoms with E-state index in [4.69, 9.17) is 14.7 Å². The molecule has 1 heterocycles. The van der Waals surface area contributed by atoms with Crippen LogP contribution >= 0.6 is 15.4 Å². The molecule has 0 saturated carbocycles. The summed E-state index contributed by atoms with van der Waals surface area (Å²) in [5.74, 6) is 0. The van der Waals surface area contributed by atoms with Crippen molar-refractivity contribution in [3.63, 3.8) is 0 Å². The molecule has 78 valence electrons. The van der Waals surface area contributed by atoms with Gasteiger partial charge in [0.05, 0.1) is 0 Å². The van der Waals surface area contributed by atoms with E-state index in [0.29, 0.717) is 0 Å². The molecule has 0 radical (unpaired) electrons. The van der Waals surface area contributed by atoms with Crippen molar-refractivity contribution < 1.29 is 28.1 Å². The van der Waals surface area contributed by atoms with Crippen LogP contribution in [0.1, 0.15) is 0 Å². The van der Waals surface area contributed by atoms with Crippen molar-refractivity contribution in [1.29, 1.82) is 0 Å². The van der Waals surface area contributed by atoms with Gasteiger partial charge in [0, 0.05) is 12.4 Å². The molecule has 0 bridgehead atoms. The molecule has 0 aliphatic carbocycles. The van der Waals surface area contributed by atoms with E-state index in [1.807, 2.05) is 0 Å². The van der Waals surface area contributed by atoms with Gasteiger partial charge in [-0.05, 0) is 6.07 Å². The Morgan fingerprint density at radius 3 is 2.07 bits per heavy atom. The number of hydrogen-bond donors (Lipinski definition) is 3. The molecule has 0 aliphatic heterocycles. The summed E-state index contributed by atoms with van der Waals surface area (Å²) in [6.07, 6.45) is 2.29. The minimum Gasteiger partial charge on any atom is -0.318 e. The molecular weight excluding hydrogens is 234 g/mol. The van der Waals surface area contributed by atoms with Crippen molar-refractivity contribution in [3.05, 3.63) is 18.5 Å². The molecule has 0 aliphatic rings. The summed E-state index contributed by atoms with van der Waals surface area (Å²) in [4.78, 5) is 32.4. The van der Waals surface area contributed by atoms with Gasteiger partial charge < -0.3 is 14.7 Å². The third kappa shape index (κ3) is 3.26. The van der Waals surface area contributed by atoms with Crippen LogP contribution < -0.4 is 5.57 Å². The van der Waals surface area contributed by atoms with Gasteiger partial charge in [-0.3, -0.25) is 4.57 Å². The smallest absolute Gasteiger partial charge is 0.318 e. The highest BCUT2D eigenvalue weighted by atomic mass is 31.3. The minimum absolute atomic E-state index is 0.664. The summed E-state index contributed by atoms with van der Waals surface area (Å²) in [5.41, 5.74) is -0.664. The maximum Gasteiger partial charge on any atom is 0.477 e. The van der Waals surface area contributed by atoms with Crippen LogP contribution in [0.3, 0.4) is 0 Å². The van der Waals surface area contributed by atoms with E-state index >= 15 is 0 Å². The molecule has 14 heavy (non-hydrogen) atoms. The Hall–Kier alpha value is -0.620. The van der Waals surface area contributed by atoms with E-state index in [9.17, 15) is 9.13 Å². The van der Waals surface area contributed by atoms with Crippen LogP contribution in [0.2, 0.25) is 0 Å². The van der Waals surface area contributed by atoms with E-state index in [-0.39, 0.29) is 0 Å². The van der Waals surface area contributed by atoms with E-state index in [2.05, 4.69) is 14.3 Å². The van der Waals surface area contributed by atoms with Crippen molar-refractivity contribution >= 4 is 21.0 Å². The molecule has 3 N–H and O–H groups in total. The van der Waals surface area contributed by atoms with Gasteiger partial charge >= 0.3 is 15.4 Å². The first-order chi connectivity index (χ1) is 6.31. The summed E-state index contributed by atoms with van der Waals surface area (Å²) in [7, 11) is -9.70. The molecule has 0 fully saturated rings. The lowest BCUT2D eigenvalue weighted by Gasteiger charge is -2.09. The number of aromatic nitrogens is 2. The van der Waals surface area contributed by atoms with Crippen LogP contribution in [0.15, 0.2) is 18.5 Å². The predicted octanol–water partition coefficient (Wildman–Crippen LogP) is -0.603. The highest BCUT2D eigenvalue weighted by molar-refractivity contribution is 7.68. The van der Waals surface area contributed by atoms with Crippen LogP contribution in [0.4, 0.5) is 0 Å². The molecule has 1 unspecified atom stereocenters. The third-order valence-electron chi connectivity index (χ3n) is 1.02. The van der Waals surface area contributed by atoms with Gasteiger partial charge in [0.15, 0.2) is 0 Å². The molecule has 0 aromatic carbocycles. The Kier molecular flexibility index (Phi) is 3.16. The van der Waals surface area contributed by atoms with Gasteiger partial charge in [0.1, 0.15) is 0 Å². The van der Waals surface area contributed by atoms with Crippen LogP contribution in [0, 0.1) is 0 Å². The summed E-state index contributed by atoms with van der Waals surface area (Å²) < 4.78 is 25.1. The molecule has 1 aromatic heterocycles. The Morgan fingerprint density at radius 1 is 1.14 bits per heavy atom. The molecule has 0 amide bonds. The van der Waals surface area contributed by atoms with Crippen molar-refractivity contribution in [3.8, 4) is 0 Å². The average Bonchev–Trinajstić information content (AvgIpc) is 2.01. The molecular formula is C4H6N2O6P2. The maximum absolute atomic E-state index is 11.1. The monoisotopic (exact) mass is 240 g/mol. The fourth-order valence-electron chi connectivity index (χ4n) is 0.618. The number of nitrogens with zero attached hydrogens (tertiary/aromatic N) is 2. The fourth-order valence-corrected chi connectivity index (χ4v) is 2.49. The predicted molar refractivity (Wildman–Crippen MR) is 44.6 cm³/mol. The Morgan fingerprint density at radius 2 is 1.64 bits per heavy atom. The zero-order chi connectivity index (χ0) is 10.8. The SMILES string of the molecule is O=P(O)(O)OP(=O)(O)c1ncccn1. The van der Waals surface area contributed by atoms with Crippen molar-refractivity contribution in [2.24, 2.45) is 0 Å². The summed E-state index contributed by atoms with van der Waals surface area (Å²) >= 11 is 0. The molecule has 8 nitrogen and oxygen atoms in total. The summed E-state index contributed by atoms with van der Waals surface area (Å²) in [6.45, 7) is 0. The Labute approximate surface area is 78.4 Å². The normalized spacial score (nSPS) is 16.2. The molecule has 0 spiro atoms. The lowest BCUT2D eigenvalue weighted by atomic mass is 10.7. The van der Waals surface area contributed by atoms with E-state index < -0.39 is 21.0 Å². The van der Waals surface area contributed by atoms with Gasteiger partial charge in [0.2, 0.25) is 5.57 Å². The molecule has 1 aromatic rings. The van der Waals surface area contributed by atoms with Gasteiger partial charge in [0.25, 0.3) is 0 Å². The van der Waals surface area contributed by atoms with E-state index in [1.54, 1.807) is 0 Å². The van der Waals surface area contributed by atoms with Crippen molar-refractivity contribution in [2.75, 3.05) is 0 Å². The highest BCUT2D eigenvalue weighted by Crippen LogP contribution is 2.55. The number of hydrogen-bond acceptors (Lipinski definition) is 5. The second-order valence-corrected chi connectivity index (χ2v) is 5.22. The van der Waals surface area contributed by atoms with Gasteiger partial charge in [-0.1, -0.05) is 0 Å². The third-order valence-corrected chi connectivity index (χ3v) is 3.49. The zero-order valence-electron chi connectivity index (χ0n) is 6.59. The minimum atomic E-state index is -5.05. The first-order valence-corrected chi connectivity index (χ1v) is 6.29. The van der Waals surface area contributed by atoms with Crippen LogP contribution in [-0.2, 0) is 13.4 Å². The molecule has 1 atom stereocenters. The number of phosphoric acid groups is 1. The first kappa shape index (κ1) is 11.5. The largest absolute Gasteiger partial charge is 0.477 e. The molecule has 0 saturated heterocycles. The van der Waals surface area contributed by atoms with Crippen LogP contribution in [0.25, 0.3) is 0 Å². The summed E-state index contributed by atoms with van der Waals surface area (Å²) in [6, 6.07) is 1.38. The van der Waals surface area contributed by atoms with Crippen LogP contribution in [-0.4, -0.2) is 24.6 Å². The number of rotatable bonds is 3. The second-order valence-electron chi connectivity index (χ2n) is 2.14. The lowest BCUT2D eigenvalue weighted by molar-refractivity contribution is 0.267. The highest BCUT2D eigenvalue weighted by Gasteiger charge is 2.35. The topological polar surface area (TPSA) is 130 Å². The van der Waals surface area contributed by atoms with Crippen molar-refractivity contribution in [1.82, 2.24) is 9.97 Å². The Balaban J connectivity index is 2.98. The van der Waals surface area contributed by atoms with Gasteiger partial charge in [-0.2, -0.15) is 0 Å².